The Labute approximate surface area is 206 Å². The summed E-state index contributed by atoms with van der Waals surface area (Å²) in [4.78, 5) is 17.0. The van der Waals surface area contributed by atoms with Gasteiger partial charge < -0.3 is 18.9 Å². The van der Waals surface area contributed by atoms with Gasteiger partial charge in [0.2, 0.25) is 0 Å². The number of carbonyl (C=O) groups excluding carboxylic acids is 1. The number of hydrogen-bond donors (Lipinski definition) is 0. The second-order valence-corrected chi connectivity index (χ2v) is 9.25. The maximum Gasteiger partial charge on any atom is 0.338 e. The van der Waals surface area contributed by atoms with Gasteiger partial charge in [0.25, 0.3) is 0 Å². The molecule has 0 aromatic heterocycles. The zero-order valence-corrected chi connectivity index (χ0v) is 19.4. The maximum absolute atomic E-state index is 13.1. The Balaban J connectivity index is 1.46. The Kier molecular flexibility index (Phi) is 7.32. The number of ether oxygens (including phenoxy) is 4. The summed E-state index contributed by atoms with van der Waals surface area (Å²) < 4.78 is 24.6. The van der Waals surface area contributed by atoms with Crippen LogP contribution in [0, 0.1) is 0 Å². The van der Waals surface area contributed by atoms with Crippen molar-refractivity contribution in [1.29, 1.82) is 0 Å². The highest BCUT2D eigenvalue weighted by atomic mass is 32.2. The number of benzene rings is 3. The predicted octanol–water partition coefficient (Wildman–Crippen LogP) is 5.52. The summed E-state index contributed by atoms with van der Waals surface area (Å²) >= 11 is 1.40. The van der Waals surface area contributed by atoms with Crippen LogP contribution in [0.2, 0.25) is 0 Å². The van der Waals surface area contributed by atoms with Crippen LogP contribution in [0.3, 0.4) is 0 Å². The van der Waals surface area contributed by atoms with Crippen LogP contribution in [0.15, 0.2) is 101 Å². The SMILES string of the molecule is [N-]=[N+]=NC1[C@@H](OC(=O)c2ccccc2)[C@@H]2OC(c3ccccc3)OCC2O[C@H]1Sc1ccccc1. The highest BCUT2D eigenvalue weighted by Crippen LogP contribution is 2.41. The summed E-state index contributed by atoms with van der Waals surface area (Å²) in [5.74, 6) is -0.524. The average Bonchev–Trinajstić information content (AvgIpc) is 2.92. The predicted molar refractivity (Wildman–Crippen MR) is 130 cm³/mol. The number of carbonyl (C=O) groups is 1. The standard InChI is InChI=1S/C26H23N3O5S/c27-29-28-21-23(33-24(30)17-10-4-1-5-11-17)22-20(32-26(21)35-19-14-8-3-9-15-19)16-31-25(34-22)18-12-6-2-7-13-18/h1-15,20-23,25-26H,16H2/t20?,21?,22-,23-,25?,26+/m1/s1. The zero-order chi connectivity index (χ0) is 24.0. The summed E-state index contributed by atoms with van der Waals surface area (Å²) in [7, 11) is 0. The summed E-state index contributed by atoms with van der Waals surface area (Å²) in [6.07, 6.45) is -2.75. The van der Waals surface area contributed by atoms with E-state index in [4.69, 9.17) is 18.9 Å². The molecular formula is C26H23N3O5S. The van der Waals surface area contributed by atoms with Crippen molar-refractivity contribution in [3.63, 3.8) is 0 Å². The Hall–Kier alpha value is -3.33. The molecule has 2 saturated heterocycles. The molecule has 6 atom stereocenters. The van der Waals surface area contributed by atoms with Gasteiger partial charge in [-0.2, -0.15) is 0 Å². The highest BCUT2D eigenvalue weighted by molar-refractivity contribution is 7.99. The first kappa shape index (κ1) is 23.4. The average molecular weight is 490 g/mol. The van der Waals surface area contributed by atoms with Crippen LogP contribution >= 0.6 is 11.8 Å². The third kappa shape index (κ3) is 5.35. The first-order valence-electron chi connectivity index (χ1n) is 11.2. The van der Waals surface area contributed by atoms with Gasteiger partial charge in [-0.15, -0.1) is 0 Å². The molecule has 5 rings (SSSR count). The number of fused-ring (bicyclic) bond motifs is 1. The van der Waals surface area contributed by atoms with Gasteiger partial charge in [0, 0.05) is 15.4 Å². The highest BCUT2D eigenvalue weighted by Gasteiger charge is 2.52. The minimum atomic E-state index is -0.881. The van der Waals surface area contributed by atoms with E-state index in [0.29, 0.717) is 5.56 Å². The van der Waals surface area contributed by atoms with Gasteiger partial charge in [-0.25, -0.2) is 4.79 Å². The van der Waals surface area contributed by atoms with E-state index in [0.717, 1.165) is 10.5 Å². The molecule has 0 amide bonds. The molecule has 3 aromatic carbocycles. The molecule has 2 heterocycles. The molecule has 178 valence electrons. The molecule has 2 aliphatic rings. The number of rotatable bonds is 6. The minimum absolute atomic E-state index is 0.235. The fourth-order valence-corrected chi connectivity index (χ4v) is 5.28. The van der Waals surface area contributed by atoms with Crippen molar-refractivity contribution in [3.05, 3.63) is 113 Å². The topological polar surface area (TPSA) is 103 Å². The lowest BCUT2D eigenvalue weighted by atomic mass is 9.97. The number of esters is 1. The van der Waals surface area contributed by atoms with Crippen LogP contribution < -0.4 is 0 Å². The number of hydrogen-bond acceptors (Lipinski definition) is 7. The molecule has 9 heteroatoms. The number of azide groups is 1. The Morgan fingerprint density at radius 2 is 1.60 bits per heavy atom. The molecule has 3 aromatic rings. The molecule has 0 radical (unpaired) electrons. The molecule has 0 saturated carbocycles. The van der Waals surface area contributed by atoms with Crippen molar-refractivity contribution in [2.24, 2.45) is 5.11 Å². The van der Waals surface area contributed by atoms with E-state index < -0.39 is 42.0 Å². The van der Waals surface area contributed by atoms with Crippen molar-refractivity contribution in [3.8, 4) is 0 Å². The van der Waals surface area contributed by atoms with Crippen LogP contribution in [0.5, 0.6) is 0 Å². The van der Waals surface area contributed by atoms with E-state index in [1.807, 2.05) is 66.7 Å². The number of thioether (sulfide) groups is 1. The molecule has 2 aliphatic heterocycles. The van der Waals surface area contributed by atoms with Gasteiger partial charge >= 0.3 is 5.97 Å². The van der Waals surface area contributed by atoms with E-state index in [9.17, 15) is 10.3 Å². The van der Waals surface area contributed by atoms with Gasteiger partial charge in [0.1, 0.15) is 29.8 Å². The normalized spacial score (nSPS) is 27.8. The molecule has 8 nitrogen and oxygen atoms in total. The van der Waals surface area contributed by atoms with Gasteiger partial charge in [0.15, 0.2) is 6.29 Å². The monoisotopic (exact) mass is 489 g/mol. The second kappa shape index (κ2) is 10.9. The molecule has 0 aliphatic carbocycles. The van der Waals surface area contributed by atoms with Gasteiger partial charge in [-0.3, -0.25) is 0 Å². The van der Waals surface area contributed by atoms with Crippen molar-refractivity contribution >= 4 is 17.7 Å². The third-order valence-electron chi connectivity index (χ3n) is 5.81. The lowest BCUT2D eigenvalue weighted by Gasteiger charge is -2.47. The van der Waals surface area contributed by atoms with Crippen LogP contribution in [-0.4, -0.2) is 42.4 Å². The molecule has 0 bridgehead atoms. The smallest absolute Gasteiger partial charge is 0.338 e. The van der Waals surface area contributed by atoms with Crippen molar-refractivity contribution in [2.75, 3.05) is 6.61 Å². The van der Waals surface area contributed by atoms with Crippen LogP contribution in [0.4, 0.5) is 0 Å². The molecule has 35 heavy (non-hydrogen) atoms. The lowest BCUT2D eigenvalue weighted by molar-refractivity contribution is -0.304. The van der Waals surface area contributed by atoms with Crippen molar-refractivity contribution < 1.29 is 23.7 Å². The first-order valence-corrected chi connectivity index (χ1v) is 12.1. The van der Waals surface area contributed by atoms with Crippen molar-refractivity contribution in [1.82, 2.24) is 0 Å². The molecule has 3 unspecified atom stereocenters. The third-order valence-corrected chi connectivity index (χ3v) is 6.98. The van der Waals surface area contributed by atoms with Crippen LogP contribution in [0.25, 0.3) is 10.4 Å². The Bertz CT molecular complexity index is 1180. The van der Waals surface area contributed by atoms with E-state index in [1.54, 1.807) is 24.3 Å². The molecule has 0 N–H and O–H groups in total. The number of nitrogens with zero attached hydrogens (tertiary/aromatic N) is 3. The summed E-state index contributed by atoms with van der Waals surface area (Å²) in [6.45, 7) is 0.235. The first-order chi connectivity index (χ1) is 17.2. The fraction of sp³-hybridized carbons (Fsp3) is 0.269. The van der Waals surface area contributed by atoms with Crippen molar-refractivity contribution in [2.45, 2.75) is 41.0 Å². The zero-order valence-electron chi connectivity index (χ0n) is 18.6. The van der Waals surface area contributed by atoms with Gasteiger partial charge in [0.05, 0.1) is 12.2 Å². The van der Waals surface area contributed by atoms with Crippen LogP contribution in [-0.2, 0) is 18.9 Å². The quantitative estimate of drug-likeness (QED) is 0.195. The Morgan fingerprint density at radius 3 is 2.29 bits per heavy atom. The van der Waals surface area contributed by atoms with Gasteiger partial charge in [-0.05, 0) is 29.8 Å². The van der Waals surface area contributed by atoms with Gasteiger partial charge in [-0.1, -0.05) is 83.6 Å². The second-order valence-electron chi connectivity index (χ2n) is 8.08. The maximum atomic E-state index is 13.1. The largest absolute Gasteiger partial charge is 0.455 e. The van der Waals surface area contributed by atoms with E-state index >= 15 is 0 Å². The fourth-order valence-electron chi connectivity index (χ4n) is 4.15. The lowest BCUT2D eigenvalue weighted by Crippen LogP contribution is -2.61. The summed E-state index contributed by atoms with van der Waals surface area (Å²) in [6, 6.07) is 27.0. The van der Waals surface area contributed by atoms with E-state index in [-0.39, 0.29) is 6.61 Å². The summed E-state index contributed by atoms with van der Waals surface area (Å²) in [5.41, 5.74) is 10.0. The minimum Gasteiger partial charge on any atom is -0.455 e. The van der Waals surface area contributed by atoms with E-state index in [1.165, 1.54) is 11.8 Å². The van der Waals surface area contributed by atoms with E-state index in [2.05, 4.69) is 10.0 Å². The molecular weight excluding hydrogens is 466 g/mol. The summed E-state index contributed by atoms with van der Waals surface area (Å²) in [5, 5.41) is 4.01. The molecule has 2 fully saturated rings. The Morgan fingerprint density at radius 1 is 0.943 bits per heavy atom. The van der Waals surface area contributed by atoms with Crippen LogP contribution in [0.1, 0.15) is 22.2 Å². The molecule has 0 spiro atoms.